The van der Waals surface area contributed by atoms with Crippen LogP contribution in [0.25, 0.3) is 0 Å². The first-order valence-electron chi connectivity index (χ1n) is 8.81. The lowest BCUT2D eigenvalue weighted by molar-refractivity contribution is -0.137. The molecule has 0 aliphatic carbocycles. The first-order valence-corrected chi connectivity index (χ1v) is 10.6. The van der Waals surface area contributed by atoms with E-state index in [2.05, 4.69) is 5.32 Å². The zero-order valence-electron chi connectivity index (χ0n) is 16.2. The van der Waals surface area contributed by atoms with Crippen LogP contribution in [0.1, 0.15) is 18.9 Å². The second kappa shape index (κ2) is 9.57. The summed E-state index contributed by atoms with van der Waals surface area (Å²) < 4.78 is 72.0. The van der Waals surface area contributed by atoms with E-state index < -0.39 is 44.1 Å². The molecule has 0 saturated heterocycles. The number of nitrogens with zero attached hydrogens (tertiary/aromatic N) is 1. The van der Waals surface area contributed by atoms with Crippen molar-refractivity contribution < 1.29 is 31.1 Å². The number of benzene rings is 2. The Balaban J connectivity index is 2.64. The molecule has 1 amide bonds. The highest BCUT2D eigenvalue weighted by Crippen LogP contribution is 2.37. The van der Waals surface area contributed by atoms with Crippen LogP contribution in [-0.4, -0.2) is 34.5 Å². The molecule has 0 atom stereocenters. The van der Waals surface area contributed by atoms with E-state index in [1.165, 1.54) is 25.3 Å². The van der Waals surface area contributed by atoms with E-state index in [1.54, 1.807) is 6.07 Å². The number of carbonyl (C=O) groups is 1. The molecule has 6 nitrogen and oxygen atoms in total. The number of anilines is 1. The summed E-state index contributed by atoms with van der Waals surface area (Å²) in [5, 5.41) is 2.14. The molecule has 0 bridgehead atoms. The molecule has 11 heteroatoms. The molecular weight excluding hydrogens is 445 g/mol. The molecule has 30 heavy (non-hydrogen) atoms. The van der Waals surface area contributed by atoms with Gasteiger partial charge in [0.25, 0.3) is 10.0 Å². The summed E-state index contributed by atoms with van der Waals surface area (Å²) in [5.41, 5.74) is -1.19. The number of para-hydroxylation sites is 2. The molecule has 1 N–H and O–H groups in total. The molecule has 0 fully saturated rings. The predicted molar refractivity (Wildman–Crippen MR) is 107 cm³/mol. The highest BCUT2D eigenvalue weighted by Gasteiger charge is 2.35. The third-order valence-corrected chi connectivity index (χ3v) is 6.28. The molecule has 0 aliphatic heterocycles. The van der Waals surface area contributed by atoms with Crippen molar-refractivity contribution in [1.29, 1.82) is 0 Å². The standard InChI is InChI=1S/C19H20ClF3N2O4S/c1-3-10-24-18(26)12-25(15-6-4-5-7-16(15)29-2)30(27,28)17-11-13(19(21,22)23)8-9-14(17)20/h4-9,11H,3,10,12H2,1-2H3,(H,24,26). The third kappa shape index (κ3) is 5.37. The Labute approximate surface area is 177 Å². The molecule has 0 unspecified atom stereocenters. The summed E-state index contributed by atoms with van der Waals surface area (Å²) in [4.78, 5) is 11.5. The van der Waals surface area contributed by atoms with Crippen LogP contribution in [0.15, 0.2) is 47.4 Å². The number of rotatable bonds is 8. The van der Waals surface area contributed by atoms with Crippen molar-refractivity contribution in [2.24, 2.45) is 0 Å². The van der Waals surface area contributed by atoms with Gasteiger partial charge in [-0.05, 0) is 36.8 Å². The fraction of sp³-hybridized carbons (Fsp3) is 0.316. The van der Waals surface area contributed by atoms with E-state index >= 15 is 0 Å². The SMILES string of the molecule is CCCNC(=O)CN(c1ccccc1OC)S(=O)(=O)c1cc(C(F)(F)F)ccc1Cl. The molecule has 0 saturated carbocycles. The van der Waals surface area contributed by atoms with E-state index in [0.29, 0.717) is 29.4 Å². The first-order chi connectivity index (χ1) is 14.0. The van der Waals surface area contributed by atoms with Crippen molar-refractivity contribution in [3.8, 4) is 5.75 Å². The van der Waals surface area contributed by atoms with Crippen molar-refractivity contribution in [3.63, 3.8) is 0 Å². The summed E-state index contributed by atoms with van der Waals surface area (Å²) in [6, 6.07) is 7.93. The number of carbonyl (C=O) groups excluding carboxylic acids is 1. The normalized spacial score (nSPS) is 11.8. The number of methoxy groups -OCH3 is 1. The minimum Gasteiger partial charge on any atom is -0.495 e. The molecule has 164 valence electrons. The zero-order chi connectivity index (χ0) is 22.5. The highest BCUT2D eigenvalue weighted by molar-refractivity contribution is 7.93. The maximum atomic E-state index is 13.3. The molecule has 0 spiro atoms. The number of halogens is 4. The monoisotopic (exact) mass is 464 g/mol. The van der Waals surface area contributed by atoms with Crippen molar-refractivity contribution in [2.75, 3.05) is 24.5 Å². The van der Waals surface area contributed by atoms with Crippen LogP contribution in [0.4, 0.5) is 18.9 Å². The first kappa shape index (κ1) is 23.8. The van der Waals surface area contributed by atoms with Gasteiger partial charge in [0.05, 0.1) is 23.4 Å². The summed E-state index contributed by atoms with van der Waals surface area (Å²) in [6.45, 7) is 1.45. The van der Waals surface area contributed by atoms with E-state index in [0.717, 1.165) is 6.07 Å². The van der Waals surface area contributed by atoms with E-state index in [-0.39, 0.29) is 11.4 Å². The van der Waals surface area contributed by atoms with Crippen LogP contribution < -0.4 is 14.4 Å². The Morgan fingerprint density at radius 1 is 1.20 bits per heavy atom. The summed E-state index contributed by atoms with van der Waals surface area (Å²) >= 11 is 5.95. The van der Waals surface area contributed by atoms with Gasteiger partial charge in [0.15, 0.2) is 0 Å². The molecule has 0 heterocycles. The molecule has 2 rings (SSSR count). The largest absolute Gasteiger partial charge is 0.495 e. The summed E-state index contributed by atoms with van der Waals surface area (Å²) in [5.74, 6) is -0.512. The smallest absolute Gasteiger partial charge is 0.416 e. The lowest BCUT2D eigenvalue weighted by Gasteiger charge is -2.26. The minimum absolute atomic E-state index is 0.0138. The molecule has 0 radical (unpaired) electrons. The van der Waals surface area contributed by atoms with Gasteiger partial charge in [-0.25, -0.2) is 8.42 Å². The Kier molecular flexibility index (Phi) is 7.59. The van der Waals surface area contributed by atoms with Crippen molar-refractivity contribution >= 4 is 33.2 Å². The predicted octanol–water partition coefficient (Wildman–Crippen LogP) is 4.09. The van der Waals surface area contributed by atoms with Gasteiger partial charge < -0.3 is 10.1 Å². The fourth-order valence-corrected chi connectivity index (χ4v) is 4.52. The average Bonchev–Trinajstić information content (AvgIpc) is 2.69. The fourth-order valence-electron chi connectivity index (χ4n) is 2.58. The van der Waals surface area contributed by atoms with Crippen molar-refractivity contribution in [2.45, 2.75) is 24.4 Å². The minimum atomic E-state index is -4.78. The number of sulfonamides is 1. The molecule has 0 aromatic heterocycles. The third-order valence-electron chi connectivity index (χ3n) is 4.04. The van der Waals surface area contributed by atoms with E-state index in [4.69, 9.17) is 16.3 Å². The lowest BCUT2D eigenvalue weighted by atomic mass is 10.2. The van der Waals surface area contributed by atoms with Gasteiger partial charge in [0.2, 0.25) is 5.91 Å². The van der Waals surface area contributed by atoms with Gasteiger partial charge in [-0.15, -0.1) is 0 Å². The summed E-state index contributed by atoms with van der Waals surface area (Å²) in [7, 11) is -3.36. The molecule has 0 aliphatic rings. The van der Waals surface area contributed by atoms with Gasteiger partial charge in [-0.2, -0.15) is 13.2 Å². The quantitative estimate of drug-likeness (QED) is 0.638. The van der Waals surface area contributed by atoms with Crippen LogP contribution in [0.3, 0.4) is 0 Å². The van der Waals surface area contributed by atoms with Crippen LogP contribution >= 0.6 is 11.6 Å². The van der Waals surface area contributed by atoms with E-state index in [9.17, 15) is 26.4 Å². The average molecular weight is 465 g/mol. The van der Waals surface area contributed by atoms with Gasteiger partial charge in [0, 0.05) is 6.54 Å². The van der Waals surface area contributed by atoms with Crippen LogP contribution in [0.2, 0.25) is 5.02 Å². The summed E-state index contributed by atoms with van der Waals surface area (Å²) in [6.07, 6.45) is -4.16. The number of hydrogen-bond acceptors (Lipinski definition) is 4. The van der Waals surface area contributed by atoms with Crippen molar-refractivity contribution in [3.05, 3.63) is 53.1 Å². The molecular formula is C19H20ClF3N2O4S. The van der Waals surface area contributed by atoms with E-state index in [1.807, 2.05) is 6.92 Å². The highest BCUT2D eigenvalue weighted by atomic mass is 35.5. The number of amides is 1. The molecule has 2 aromatic rings. The number of nitrogens with one attached hydrogen (secondary N) is 1. The number of hydrogen-bond donors (Lipinski definition) is 1. The topological polar surface area (TPSA) is 75.7 Å². The van der Waals surface area contributed by atoms with Gasteiger partial charge in [-0.1, -0.05) is 30.7 Å². The van der Waals surface area contributed by atoms with Gasteiger partial charge >= 0.3 is 6.18 Å². The number of ether oxygens (including phenoxy) is 1. The number of alkyl halides is 3. The van der Waals surface area contributed by atoms with Crippen LogP contribution in [0, 0.1) is 0 Å². The second-order valence-electron chi connectivity index (χ2n) is 6.18. The second-order valence-corrected chi connectivity index (χ2v) is 8.41. The Hall–Kier alpha value is -2.46. The zero-order valence-corrected chi connectivity index (χ0v) is 17.7. The van der Waals surface area contributed by atoms with Crippen molar-refractivity contribution in [1.82, 2.24) is 5.32 Å². The Morgan fingerprint density at radius 3 is 2.47 bits per heavy atom. The maximum Gasteiger partial charge on any atom is 0.416 e. The molecule has 2 aromatic carbocycles. The Morgan fingerprint density at radius 2 is 1.87 bits per heavy atom. The lowest BCUT2D eigenvalue weighted by Crippen LogP contribution is -2.41. The maximum absolute atomic E-state index is 13.3. The van der Waals surface area contributed by atoms with Crippen LogP contribution in [-0.2, 0) is 21.0 Å². The van der Waals surface area contributed by atoms with Crippen LogP contribution in [0.5, 0.6) is 5.75 Å². The van der Waals surface area contributed by atoms with Gasteiger partial charge in [-0.3, -0.25) is 9.10 Å². The van der Waals surface area contributed by atoms with Gasteiger partial charge in [0.1, 0.15) is 17.2 Å². The Bertz CT molecular complexity index is 1010.